The normalized spacial score (nSPS) is 13.5. The van der Waals surface area contributed by atoms with E-state index < -0.39 is 53.6 Å². The lowest BCUT2D eigenvalue weighted by atomic mass is 10.1. The number of fused-ring (bicyclic) bond motifs is 1. The van der Waals surface area contributed by atoms with Crippen molar-refractivity contribution in [1.82, 2.24) is 20.9 Å². The maximum Gasteiger partial charge on any atom is 0.408 e. The third-order valence-electron chi connectivity index (χ3n) is 5.92. The molecule has 0 bridgehead atoms. The predicted molar refractivity (Wildman–Crippen MR) is 158 cm³/mol. The van der Waals surface area contributed by atoms with Crippen molar-refractivity contribution in [3.8, 4) is 0 Å². The lowest BCUT2D eigenvalue weighted by Crippen LogP contribution is -2.51. The summed E-state index contributed by atoms with van der Waals surface area (Å²) in [6.45, 7) is 7.85. The molecule has 0 spiro atoms. The van der Waals surface area contributed by atoms with Crippen LogP contribution in [0.2, 0.25) is 0 Å². The molecule has 14 nitrogen and oxygen atoms in total. The number of ether oxygens (including phenoxy) is 1. The average Bonchev–Trinajstić information content (AvgIpc) is 3.27. The largest absolute Gasteiger partial charge is 0.480 e. The van der Waals surface area contributed by atoms with Crippen LogP contribution in [0.3, 0.4) is 0 Å². The molecule has 5 amide bonds. The number of H-pyrrole nitrogens is 1. The van der Waals surface area contributed by atoms with Crippen LogP contribution in [0.1, 0.15) is 40.2 Å². The van der Waals surface area contributed by atoms with Gasteiger partial charge < -0.3 is 30.8 Å². The summed E-state index contributed by atoms with van der Waals surface area (Å²) in [5.41, 5.74) is -0.00705. The van der Waals surface area contributed by atoms with Gasteiger partial charge >= 0.3 is 18.1 Å². The molecule has 14 heteroatoms. The molecule has 1 heterocycles. The number of amides is 5. The highest BCUT2D eigenvalue weighted by atomic mass is 16.6. The number of anilines is 1. The van der Waals surface area contributed by atoms with Crippen molar-refractivity contribution < 1.29 is 33.8 Å². The van der Waals surface area contributed by atoms with E-state index in [1.165, 1.54) is 13.8 Å². The van der Waals surface area contributed by atoms with Gasteiger partial charge in [-0.15, -0.1) is 10.2 Å². The van der Waals surface area contributed by atoms with E-state index in [0.717, 1.165) is 5.56 Å². The Hall–Kier alpha value is -5.27. The molecule has 0 fully saturated rings. The van der Waals surface area contributed by atoms with Crippen LogP contribution in [0.5, 0.6) is 0 Å². The third kappa shape index (κ3) is 9.66. The molecule has 3 atom stereocenters. The number of carboxylic acids is 1. The monoisotopic (exact) mass is 593 g/mol. The number of nitrogens with one attached hydrogen (secondary N) is 5. The second-order valence-corrected chi connectivity index (χ2v) is 10.7. The second-order valence-electron chi connectivity index (χ2n) is 10.7. The van der Waals surface area contributed by atoms with Crippen LogP contribution in [0, 0.1) is 0 Å². The van der Waals surface area contributed by atoms with Gasteiger partial charge in [0.2, 0.25) is 5.91 Å². The van der Waals surface area contributed by atoms with E-state index in [0.29, 0.717) is 10.8 Å². The molecule has 228 valence electrons. The molecule has 0 aliphatic rings. The molecule has 3 rings (SSSR count). The van der Waals surface area contributed by atoms with Crippen molar-refractivity contribution in [3.63, 3.8) is 0 Å². The van der Waals surface area contributed by atoms with E-state index in [1.807, 2.05) is 6.07 Å². The van der Waals surface area contributed by atoms with Crippen LogP contribution in [-0.4, -0.2) is 63.7 Å². The van der Waals surface area contributed by atoms with Gasteiger partial charge in [-0.2, -0.15) is 0 Å². The van der Waals surface area contributed by atoms with E-state index >= 15 is 0 Å². The van der Waals surface area contributed by atoms with Gasteiger partial charge in [0.15, 0.2) is 5.82 Å². The summed E-state index contributed by atoms with van der Waals surface area (Å²) in [4.78, 5) is 64.6. The number of azo groups is 1. The molecule has 0 radical (unpaired) electrons. The molecule has 0 aliphatic heterocycles. The molecule has 0 saturated heterocycles. The molecule has 6 N–H and O–H groups in total. The van der Waals surface area contributed by atoms with E-state index in [9.17, 15) is 24.0 Å². The number of aromatic nitrogens is 1. The first kappa shape index (κ1) is 32.2. The summed E-state index contributed by atoms with van der Waals surface area (Å²) in [7, 11) is 0. The fourth-order valence-electron chi connectivity index (χ4n) is 3.81. The van der Waals surface area contributed by atoms with Gasteiger partial charge in [0.1, 0.15) is 29.5 Å². The first-order valence-corrected chi connectivity index (χ1v) is 13.4. The Morgan fingerprint density at radius 2 is 1.51 bits per heavy atom. The molecule has 0 unspecified atom stereocenters. The summed E-state index contributed by atoms with van der Waals surface area (Å²) in [6, 6.07) is 11.8. The van der Waals surface area contributed by atoms with Crippen molar-refractivity contribution >= 4 is 52.3 Å². The Kier molecular flexibility index (Phi) is 10.6. The number of carboxylic acid groups (broad SMARTS) is 1. The van der Waals surface area contributed by atoms with Gasteiger partial charge in [-0.1, -0.05) is 54.6 Å². The number of benzene rings is 2. The van der Waals surface area contributed by atoms with Crippen LogP contribution < -0.4 is 21.3 Å². The summed E-state index contributed by atoms with van der Waals surface area (Å²) in [5, 5.41) is 27.9. The zero-order valence-electron chi connectivity index (χ0n) is 24.4. The minimum atomic E-state index is -1.20. The smallest absolute Gasteiger partial charge is 0.408 e. The van der Waals surface area contributed by atoms with E-state index in [4.69, 9.17) is 9.84 Å². The number of rotatable bonds is 10. The maximum atomic E-state index is 13.3. The number of hydrogen-bond donors (Lipinski definition) is 6. The van der Waals surface area contributed by atoms with Crippen molar-refractivity contribution in [2.24, 2.45) is 10.2 Å². The SMILES string of the molecule is C[C@H](NC(=O)Nc1[nH]c(N=NC(=O)[C@H](Cc2ccccc2)NC(=O)[C@H](C)NC(=O)OC(C)(C)C)c2ccccc12)C(=O)O. The molecule has 2 aromatic carbocycles. The average molecular weight is 594 g/mol. The Labute approximate surface area is 247 Å². The molecular weight excluding hydrogens is 558 g/mol. The van der Waals surface area contributed by atoms with Crippen LogP contribution in [-0.2, 0) is 25.5 Å². The highest BCUT2D eigenvalue weighted by Gasteiger charge is 2.26. The first-order valence-electron chi connectivity index (χ1n) is 13.4. The van der Waals surface area contributed by atoms with E-state index in [1.54, 1.807) is 69.3 Å². The molecule has 0 aliphatic carbocycles. The van der Waals surface area contributed by atoms with Gasteiger partial charge in [0, 0.05) is 17.2 Å². The number of aromatic amines is 1. The fourth-order valence-corrected chi connectivity index (χ4v) is 3.81. The minimum absolute atomic E-state index is 0.101. The Morgan fingerprint density at radius 3 is 2.14 bits per heavy atom. The quantitative estimate of drug-likeness (QED) is 0.190. The summed E-state index contributed by atoms with van der Waals surface area (Å²) in [6.07, 6.45) is -0.681. The topological polar surface area (TPSA) is 203 Å². The van der Waals surface area contributed by atoms with Crippen molar-refractivity contribution in [3.05, 3.63) is 60.2 Å². The highest BCUT2D eigenvalue weighted by molar-refractivity contribution is 6.05. The second kappa shape index (κ2) is 14.1. The van der Waals surface area contributed by atoms with E-state index in [2.05, 4.69) is 36.5 Å². The zero-order chi connectivity index (χ0) is 31.7. The molecule has 3 aromatic rings. The van der Waals surface area contributed by atoms with Gasteiger partial charge in [-0.05, 0) is 40.2 Å². The minimum Gasteiger partial charge on any atom is -0.480 e. The van der Waals surface area contributed by atoms with Gasteiger partial charge in [-0.25, -0.2) is 9.59 Å². The van der Waals surface area contributed by atoms with Crippen LogP contribution in [0.4, 0.5) is 21.2 Å². The number of nitrogens with zero attached hydrogens (tertiary/aromatic N) is 2. The molecular formula is C29H35N7O7. The van der Waals surface area contributed by atoms with Crippen LogP contribution in [0.25, 0.3) is 10.8 Å². The van der Waals surface area contributed by atoms with E-state index in [-0.39, 0.29) is 18.1 Å². The number of carbonyl (C=O) groups excluding carboxylic acids is 4. The molecule has 1 aromatic heterocycles. The van der Waals surface area contributed by atoms with Gasteiger partial charge in [-0.3, -0.25) is 19.7 Å². The number of aliphatic carboxylic acids is 1. The number of urea groups is 1. The van der Waals surface area contributed by atoms with Gasteiger partial charge in [0.05, 0.1) is 0 Å². The predicted octanol–water partition coefficient (Wildman–Crippen LogP) is 4.01. The van der Waals surface area contributed by atoms with Crippen LogP contribution in [0.15, 0.2) is 64.8 Å². The number of alkyl carbamates (subject to hydrolysis) is 1. The highest BCUT2D eigenvalue weighted by Crippen LogP contribution is 2.32. The lowest BCUT2D eigenvalue weighted by molar-refractivity contribution is -0.138. The standard InChI is InChI=1S/C29H35N7O7/c1-16(31-28(42)43-29(3,4)5)24(37)32-21(15-18-11-7-6-8-12-18)25(38)36-35-23-20-14-10-9-13-19(20)22(33-23)34-27(41)30-17(2)26(39)40/h6-14,16-17,21,33H,15H2,1-5H3,(H,31,42)(H,32,37)(H,39,40)(H2,30,34,41)/t16-,17-,21-/m0/s1. The van der Waals surface area contributed by atoms with Crippen molar-refractivity contribution in [1.29, 1.82) is 0 Å². The lowest BCUT2D eigenvalue weighted by Gasteiger charge is -2.23. The third-order valence-corrected chi connectivity index (χ3v) is 5.92. The van der Waals surface area contributed by atoms with Crippen LogP contribution >= 0.6 is 0 Å². The van der Waals surface area contributed by atoms with Gasteiger partial charge in [0.25, 0.3) is 5.91 Å². The summed E-state index contributed by atoms with van der Waals surface area (Å²) in [5.74, 6) is -2.23. The number of carbonyl (C=O) groups is 5. The Balaban J connectivity index is 1.80. The van der Waals surface area contributed by atoms with Crippen molar-refractivity contribution in [2.75, 3.05) is 5.32 Å². The van der Waals surface area contributed by atoms with Crippen molar-refractivity contribution in [2.45, 2.75) is 64.8 Å². The molecule has 43 heavy (non-hydrogen) atoms. The summed E-state index contributed by atoms with van der Waals surface area (Å²) < 4.78 is 5.19. The Morgan fingerprint density at radius 1 is 0.884 bits per heavy atom. The molecule has 0 saturated carbocycles. The Bertz CT molecular complexity index is 1510. The number of hydrogen-bond acceptors (Lipinski definition) is 7. The maximum absolute atomic E-state index is 13.3. The first-order chi connectivity index (χ1) is 20.2. The fraction of sp³-hybridized carbons (Fsp3) is 0.345. The summed E-state index contributed by atoms with van der Waals surface area (Å²) >= 11 is 0. The zero-order valence-corrected chi connectivity index (χ0v) is 24.4.